The van der Waals surface area contributed by atoms with E-state index in [-0.39, 0.29) is 0 Å². The molecule has 0 fully saturated rings. The number of nitrogens with zero attached hydrogens (tertiary/aromatic N) is 2. The highest BCUT2D eigenvalue weighted by atomic mass is 28.3. The van der Waals surface area contributed by atoms with Gasteiger partial charge in [0.05, 0.1) is 22.1 Å². The molecule has 5 heteroatoms. The minimum absolute atomic E-state index is 0.858. The smallest absolute Gasteiger partial charge is 0.188 e. The van der Waals surface area contributed by atoms with Crippen LogP contribution in [-0.2, 0) is 0 Å². The lowest BCUT2D eigenvalue weighted by Gasteiger charge is -2.34. The van der Waals surface area contributed by atoms with Crippen molar-refractivity contribution in [3.8, 4) is 33.6 Å². The molecule has 0 aliphatic carbocycles. The summed E-state index contributed by atoms with van der Waals surface area (Å²) in [4.78, 5) is 0. The Kier molecular flexibility index (Phi) is 9.62. The Morgan fingerprint density at radius 2 is 0.623 bits per heavy atom. The maximum atomic E-state index is 7.22. The van der Waals surface area contributed by atoms with Crippen LogP contribution in [0, 0.1) is 0 Å². The molecule has 0 saturated heterocycles. The van der Waals surface area contributed by atoms with Crippen LogP contribution in [0.1, 0.15) is 0 Å². The lowest BCUT2D eigenvalue weighted by Crippen LogP contribution is -2.75. The fourth-order valence-electron chi connectivity index (χ4n) is 12.9. The molecule has 0 radical (unpaired) electrons. The topological polar surface area (TPSA) is 36.1 Å². The van der Waals surface area contributed by atoms with E-state index in [1.54, 1.807) is 0 Å². The van der Waals surface area contributed by atoms with Crippen LogP contribution in [0.3, 0.4) is 0 Å². The van der Waals surface area contributed by atoms with Gasteiger partial charge in [-0.3, -0.25) is 0 Å². The van der Waals surface area contributed by atoms with Crippen molar-refractivity contribution >= 4 is 116 Å². The molecule has 4 nitrogen and oxygen atoms in total. The summed E-state index contributed by atoms with van der Waals surface area (Å²) in [5, 5.41) is 14.2. The van der Waals surface area contributed by atoms with Crippen LogP contribution < -0.4 is 20.7 Å². The van der Waals surface area contributed by atoms with Gasteiger partial charge in [0.1, 0.15) is 22.3 Å². The van der Waals surface area contributed by atoms with E-state index >= 15 is 0 Å². The van der Waals surface area contributed by atoms with Gasteiger partial charge in [-0.15, -0.1) is 0 Å². The molecule has 4 heterocycles. The van der Waals surface area contributed by atoms with Crippen molar-refractivity contribution in [2.24, 2.45) is 0 Å². The molecule has 12 aromatic carbocycles. The highest BCUT2D eigenvalue weighted by molar-refractivity contribution is 7.21. The Hall–Kier alpha value is -9.94. The average molecular weight is 999 g/mol. The first-order chi connectivity index (χ1) is 38.2. The van der Waals surface area contributed by atoms with Crippen molar-refractivity contribution in [3.63, 3.8) is 0 Å². The van der Waals surface area contributed by atoms with Crippen molar-refractivity contribution in [1.82, 2.24) is 9.13 Å². The predicted octanol–water partition coefficient (Wildman–Crippen LogP) is 16.4. The van der Waals surface area contributed by atoms with Crippen LogP contribution in [0.2, 0.25) is 0 Å². The summed E-state index contributed by atoms with van der Waals surface area (Å²) in [6.07, 6.45) is 0. The van der Waals surface area contributed by atoms with Crippen molar-refractivity contribution < 1.29 is 8.83 Å². The van der Waals surface area contributed by atoms with Gasteiger partial charge in [-0.25, -0.2) is 0 Å². The molecule has 0 bridgehead atoms. The van der Waals surface area contributed by atoms with Gasteiger partial charge in [-0.05, 0) is 110 Å². The molecular formula is C72H46N2O2Si. The third-order valence-electron chi connectivity index (χ3n) is 16.3. The molecule has 0 N–H and O–H groups in total. The van der Waals surface area contributed by atoms with Crippen LogP contribution in [0.15, 0.2) is 288 Å². The van der Waals surface area contributed by atoms with Gasteiger partial charge in [0.25, 0.3) is 0 Å². The second-order valence-electron chi connectivity index (χ2n) is 20.3. The minimum atomic E-state index is -3.25. The number of benzene rings is 12. The standard InChI is InChI=1S/C72H46N2O2Si/c1-3-20-53(21-4-1)77(54-22-5-2-6-23-54,70-35-17-29-60-62-46-52(41-43-68(62)76-72(60)70)74-65-32-13-9-26-57(65)58-27-10-14-33-66(58)74)69-34-16-28-59-61-45-50(40-42-67(61)75-71(59)69)48-38-36-47(37-39-48)49-18-15-19-51(44-49)73-63-30-11-7-24-55(63)56-25-8-12-31-64(56)73/h1-46H. The minimum Gasteiger partial charge on any atom is -0.456 e. The van der Waals surface area contributed by atoms with E-state index in [2.05, 4.69) is 288 Å². The summed E-state index contributed by atoms with van der Waals surface area (Å²) in [5.41, 5.74) is 15.2. The number of furan rings is 2. The molecule has 16 aromatic rings. The maximum Gasteiger partial charge on any atom is 0.188 e. The number of rotatable bonds is 8. The van der Waals surface area contributed by atoms with Crippen molar-refractivity contribution in [2.75, 3.05) is 0 Å². The van der Waals surface area contributed by atoms with Gasteiger partial charge in [0, 0.05) is 54.5 Å². The Labute approximate surface area is 444 Å². The van der Waals surface area contributed by atoms with Gasteiger partial charge >= 0.3 is 0 Å². The first kappa shape index (κ1) is 43.5. The number of fused-ring (bicyclic) bond motifs is 12. The fourth-order valence-corrected chi connectivity index (χ4v) is 17.9. The molecule has 77 heavy (non-hydrogen) atoms. The Morgan fingerprint density at radius 1 is 0.247 bits per heavy atom. The molecular weight excluding hydrogens is 953 g/mol. The molecule has 0 aliphatic rings. The monoisotopic (exact) mass is 998 g/mol. The summed E-state index contributed by atoms with van der Waals surface area (Å²) in [5.74, 6) is 0. The van der Waals surface area contributed by atoms with Gasteiger partial charge in [0.15, 0.2) is 8.07 Å². The zero-order chi connectivity index (χ0) is 50.6. The van der Waals surface area contributed by atoms with Crippen molar-refractivity contribution in [2.45, 2.75) is 0 Å². The zero-order valence-corrected chi connectivity index (χ0v) is 42.8. The lowest BCUT2D eigenvalue weighted by atomic mass is 9.99. The number of hydrogen-bond donors (Lipinski definition) is 0. The van der Waals surface area contributed by atoms with Crippen LogP contribution in [0.5, 0.6) is 0 Å². The van der Waals surface area contributed by atoms with Crippen LogP contribution in [-0.4, -0.2) is 17.2 Å². The number of para-hydroxylation sites is 6. The summed E-state index contributed by atoms with van der Waals surface area (Å²) in [7, 11) is -3.25. The Morgan fingerprint density at radius 3 is 1.12 bits per heavy atom. The molecule has 360 valence electrons. The molecule has 4 aromatic heterocycles. The van der Waals surface area contributed by atoms with E-state index in [4.69, 9.17) is 8.83 Å². The lowest BCUT2D eigenvalue weighted by molar-refractivity contribution is 0.670. The van der Waals surface area contributed by atoms with Gasteiger partial charge in [-0.1, -0.05) is 212 Å². The highest BCUT2D eigenvalue weighted by Gasteiger charge is 2.45. The number of aromatic nitrogens is 2. The molecule has 16 rings (SSSR count). The maximum absolute atomic E-state index is 7.22. The molecule has 0 saturated carbocycles. The van der Waals surface area contributed by atoms with E-state index in [0.29, 0.717) is 0 Å². The molecule has 0 unspecified atom stereocenters. The summed E-state index contributed by atoms with van der Waals surface area (Å²) in [6.45, 7) is 0. The van der Waals surface area contributed by atoms with E-state index in [9.17, 15) is 0 Å². The summed E-state index contributed by atoms with van der Waals surface area (Å²) < 4.78 is 19.2. The second-order valence-corrected chi connectivity index (χ2v) is 24.0. The Bertz CT molecular complexity index is 4840. The largest absolute Gasteiger partial charge is 0.456 e. The number of hydrogen-bond acceptors (Lipinski definition) is 2. The van der Waals surface area contributed by atoms with Crippen molar-refractivity contribution in [3.05, 3.63) is 279 Å². The van der Waals surface area contributed by atoms with Gasteiger partial charge < -0.3 is 18.0 Å². The summed E-state index contributed by atoms with van der Waals surface area (Å²) in [6, 6.07) is 102. The molecule has 0 atom stereocenters. The van der Waals surface area contributed by atoms with E-state index in [1.807, 2.05) is 0 Å². The van der Waals surface area contributed by atoms with E-state index < -0.39 is 8.07 Å². The van der Waals surface area contributed by atoms with E-state index in [1.165, 1.54) is 75.5 Å². The summed E-state index contributed by atoms with van der Waals surface area (Å²) >= 11 is 0. The molecule has 0 aliphatic heterocycles. The first-order valence-corrected chi connectivity index (χ1v) is 28.4. The third-order valence-corrected chi connectivity index (χ3v) is 21.1. The zero-order valence-electron chi connectivity index (χ0n) is 41.8. The van der Waals surface area contributed by atoms with Crippen LogP contribution >= 0.6 is 0 Å². The SMILES string of the molecule is c1ccc([Si](c2ccccc2)(c2cccc3c2oc2ccc(-c4ccc(-c5cccc(-n6c7ccccc7c7ccccc76)c5)cc4)cc23)c2cccc3c2oc2ccc(-n4c5ccccc5c5ccccc54)cc23)cc1. The van der Waals surface area contributed by atoms with E-state index in [0.717, 1.165) is 66.4 Å². The molecule has 0 amide bonds. The predicted molar refractivity (Wildman–Crippen MR) is 324 cm³/mol. The quantitative estimate of drug-likeness (QED) is 0.112. The van der Waals surface area contributed by atoms with Crippen LogP contribution in [0.4, 0.5) is 0 Å². The normalized spacial score (nSPS) is 12.2. The highest BCUT2D eigenvalue weighted by Crippen LogP contribution is 2.39. The van der Waals surface area contributed by atoms with Gasteiger partial charge in [-0.2, -0.15) is 0 Å². The second kappa shape index (κ2) is 17.0. The average Bonchev–Trinajstić information content (AvgIpc) is 4.49. The first-order valence-electron chi connectivity index (χ1n) is 26.4. The van der Waals surface area contributed by atoms with Crippen molar-refractivity contribution in [1.29, 1.82) is 0 Å². The third kappa shape index (κ3) is 6.51. The molecule has 0 spiro atoms. The Balaban J connectivity index is 0.837. The van der Waals surface area contributed by atoms with Gasteiger partial charge in [0.2, 0.25) is 0 Å². The fraction of sp³-hybridized carbons (Fsp3) is 0. The van der Waals surface area contributed by atoms with Crippen LogP contribution in [0.25, 0.3) is 121 Å².